The summed E-state index contributed by atoms with van der Waals surface area (Å²) >= 11 is 0. The Morgan fingerprint density at radius 1 is 1.24 bits per heavy atom. The van der Waals surface area contributed by atoms with E-state index in [9.17, 15) is 4.79 Å². The number of carbonyl (C=O) groups is 1. The van der Waals surface area contributed by atoms with Crippen LogP contribution in [0.25, 0.3) is 0 Å². The molecule has 1 heterocycles. The van der Waals surface area contributed by atoms with Gasteiger partial charge in [0.1, 0.15) is 5.78 Å². The van der Waals surface area contributed by atoms with E-state index < -0.39 is 6.29 Å². The Balaban J connectivity index is 2.26. The highest BCUT2D eigenvalue weighted by Gasteiger charge is 2.54. The zero-order valence-corrected chi connectivity index (χ0v) is 11.0. The molecule has 0 amide bonds. The van der Waals surface area contributed by atoms with Gasteiger partial charge in [0, 0.05) is 26.6 Å². The van der Waals surface area contributed by atoms with Gasteiger partial charge in [0.05, 0.1) is 5.92 Å². The lowest BCUT2D eigenvalue weighted by Crippen LogP contribution is -2.41. The molecular formula is C13H22O4. The minimum Gasteiger partial charge on any atom is -0.355 e. The smallest absolute Gasteiger partial charge is 0.170 e. The third-order valence-corrected chi connectivity index (χ3v) is 4.20. The first kappa shape index (κ1) is 13.0. The van der Waals surface area contributed by atoms with Crippen molar-refractivity contribution in [3.8, 4) is 0 Å². The summed E-state index contributed by atoms with van der Waals surface area (Å²) < 4.78 is 16.4. The Morgan fingerprint density at radius 3 is 2.41 bits per heavy atom. The highest BCUT2D eigenvalue weighted by atomic mass is 16.8. The third kappa shape index (κ3) is 2.14. The van der Waals surface area contributed by atoms with Gasteiger partial charge in [-0.15, -0.1) is 0 Å². The zero-order valence-electron chi connectivity index (χ0n) is 11.0. The summed E-state index contributed by atoms with van der Waals surface area (Å²) in [4.78, 5) is 12.1. The normalized spacial score (nSPS) is 41.9. The summed E-state index contributed by atoms with van der Waals surface area (Å²) in [5, 5.41) is 0. The molecule has 0 unspecified atom stereocenters. The summed E-state index contributed by atoms with van der Waals surface area (Å²) in [6.07, 6.45) is 0.849. The van der Waals surface area contributed by atoms with E-state index in [1.165, 1.54) is 0 Å². The van der Waals surface area contributed by atoms with Crippen molar-refractivity contribution >= 4 is 5.78 Å². The van der Waals surface area contributed by atoms with E-state index in [-0.39, 0.29) is 23.9 Å². The van der Waals surface area contributed by atoms with Crippen LogP contribution in [0.3, 0.4) is 0 Å². The molecule has 0 radical (unpaired) electrons. The predicted octanol–water partition coefficient (Wildman–Crippen LogP) is 1.83. The van der Waals surface area contributed by atoms with Crippen molar-refractivity contribution < 1.29 is 19.0 Å². The van der Waals surface area contributed by atoms with Crippen LogP contribution >= 0.6 is 0 Å². The molecule has 17 heavy (non-hydrogen) atoms. The fourth-order valence-corrected chi connectivity index (χ4v) is 3.35. The van der Waals surface area contributed by atoms with Crippen LogP contribution in [0.2, 0.25) is 0 Å². The van der Waals surface area contributed by atoms with E-state index in [0.29, 0.717) is 18.3 Å². The number of Topliss-reactive ketones (excluding diaryl/α,β-unsaturated/α-hetero) is 1. The number of rotatable bonds is 3. The van der Waals surface area contributed by atoms with Crippen molar-refractivity contribution in [2.75, 3.05) is 14.2 Å². The Labute approximate surface area is 103 Å². The highest BCUT2D eigenvalue weighted by Crippen LogP contribution is 2.47. The third-order valence-electron chi connectivity index (χ3n) is 4.20. The molecular weight excluding hydrogens is 220 g/mol. The van der Waals surface area contributed by atoms with Crippen molar-refractivity contribution in [1.82, 2.24) is 0 Å². The zero-order chi connectivity index (χ0) is 12.6. The van der Waals surface area contributed by atoms with Crippen LogP contribution in [0.1, 0.15) is 26.7 Å². The van der Waals surface area contributed by atoms with Crippen molar-refractivity contribution in [3.63, 3.8) is 0 Å². The van der Waals surface area contributed by atoms with Gasteiger partial charge in [-0.05, 0) is 18.3 Å². The number of ether oxygens (including phenoxy) is 3. The average Bonchev–Trinajstić information content (AvgIpc) is 2.68. The lowest BCUT2D eigenvalue weighted by atomic mass is 9.68. The van der Waals surface area contributed by atoms with Gasteiger partial charge in [-0.2, -0.15) is 0 Å². The van der Waals surface area contributed by atoms with Gasteiger partial charge in [0.2, 0.25) is 0 Å². The molecule has 5 atom stereocenters. The van der Waals surface area contributed by atoms with Crippen molar-refractivity contribution in [2.24, 2.45) is 23.7 Å². The summed E-state index contributed by atoms with van der Waals surface area (Å²) in [7, 11) is 3.22. The SMILES string of the molecule is CO[C@H]1O[C@H](OC)[C@H]2[C@@H]1C(=O)CC[C@@H]2C(C)C. The Kier molecular flexibility index (Phi) is 3.85. The first-order chi connectivity index (χ1) is 8.10. The van der Waals surface area contributed by atoms with E-state index in [1.807, 2.05) is 0 Å². The molecule has 1 aliphatic heterocycles. The number of carbonyl (C=O) groups excluding carboxylic acids is 1. The largest absolute Gasteiger partial charge is 0.355 e. The summed E-state index contributed by atoms with van der Waals surface area (Å²) in [6, 6.07) is 0. The first-order valence-corrected chi connectivity index (χ1v) is 6.34. The molecule has 4 heteroatoms. The van der Waals surface area contributed by atoms with Crippen LogP contribution < -0.4 is 0 Å². The summed E-state index contributed by atoms with van der Waals surface area (Å²) in [5.41, 5.74) is 0. The number of hydrogen-bond donors (Lipinski definition) is 0. The second kappa shape index (κ2) is 5.04. The molecule has 2 rings (SSSR count). The van der Waals surface area contributed by atoms with E-state index in [2.05, 4.69) is 13.8 Å². The maximum Gasteiger partial charge on any atom is 0.170 e. The Bertz CT molecular complexity index is 289. The van der Waals surface area contributed by atoms with E-state index in [0.717, 1.165) is 6.42 Å². The monoisotopic (exact) mass is 242 g/mol. The number of fused-ring (bicyclic) bond motifs is 1. The van der Waals surface area contributed by atoms with Crippen LogP contribution in [-0.4, -0.2) is 32.6 Å². The Hall–Kier alpha value is -0.450. The van der Waals surface area contributed by atoms with Crippen LogP contribution in [-0.2, 0) is 19.0 Å². The molecule has 1 aliphatic carbocycles. The van der Waals surface area contributed by atoms with Crippen LogP contribution in [0.15, 0.2) is 0 Å². The molecule has 0 bridgehead atoms. The number of methoxy groups -OCH3 is 2. The van der Waals surface area contributed by atoms with Gasteiger partial charge >= 0.3 is 0 Å². The second-order valence-corrected chi connectivity index (χ2v) is 5.36. The van der Waals surface area contributed by atoms with Gasteiger partial charge < -0.3 is 14.2 Å². The molecule has 0 spiro atoms. The molecule has 98 valence electrons. The van der Waals surface area contributed by atoms with Crippen molar-refractivity contribution in [3.05, 3.63) is 0 Å². The Morgan fingerprint density at radius 2 is 1.88 bits per heavy atom. The van der Waals surface area contributed by atoms with E-state index >= 15 is 0 Å². The fourth-order valence-electron chi connectivity index (χ4n) is 3.35. The average molecular weight is 242 g/mol. The van der Waals surface area contributed by atoms with Gasteiger partial charge in [0.25, 0.3) is 0 Å². The molecule has 2 aliphatic rings. The van der Waals surface area contributed by atoms with Crippen molar-refractivity contribution in [1.29, 1.82) is 0 Å². The summed E-state index contributed by atoms with van der Waals surface area (Å²) in [5.74, 6) is 1.27. The second-order valence-electron chi connectivity index (χ2n) is 5.36. The van der Waals surface area contributed by atoms with E-state index in [1.54, 1.807) is 14.2 Å². The maximum atomic E-state index is 12.1. The predicted molar refractivity (Wildman–Crippen MR) is 62.2 cm³/mol. The minimum atomic E-state index is -0.431. The van der Waals surface area contributed by atoms with Gasteiger partial charge in [-0.1, -0.05) is 13.8 Å². The van der Waals surface area contributed by atoms with Crippen LogP contribution in [0.5, 0.6) is 0 Å². The minimum absolute atomic E-state index is 0.145. The topological polar surface area (TPSA) is 44.8 Å². The molecule has 0 aromatic carbocycles. The van der Waals surface area contributed by atoms with Gasteiger partial charge in [-0.25, -0.2) is 0 Å². The molecule has 1 saturated heterocycles. The number of hydrogen-bond acceptors (Lipinski definition) is 4. The number of ketones is 1. The van der Waals surface area contributed by atoms with Gasteiger partial charge in [0.15, 0.2) is 12.6 Å². The maximum absolute atomic E-state index is 12.1. The van der Waals surface area contributed by atoms with Crippen molar-refractivity contribution in [2.45, 2.75) is 39.3 Å². The molecule has 0 N–H and O–H groups in total. The fraction of sp³-hybridized carbons (Fsp3) is 0.923. The molecule has 2 fully saturated rings. The molecule has 0 aromatic rings. The lowest BCUT2D eigenvalue weighted by molar-refractivity contribution is -0.199. The molecule has 4 nitrogen and oxygen atoms in total. The lowest BCUT2D eigenvalue weighted by Gasteiger charge is -2.36. The highest BCUT2D eigenvalue weighted by molar-refractivity contribution is 5.83. The van der Waals surface area contributed by atoms with E-state index in [4.69, 9.17) is 14.2 Å². The summed E-state index contributed by atoms with van der Waals surface area (Å²) in [6.45, 7) is 4.40. The first-order valence-electron chi connectivity index (χ1n) is 6.34. The molecule has 1 saturated carbocycles. The molecule has 0 aromatic heterocycles. The van der Waals surface area contributed by atoms with Crippen LogP contribution in [0.4, 0.5) is 0 Å². The quantitative estimate of drug-likeness (QED) is 0.757. The van der Waals surface area contributed by atoms with Gasteiger partial charge in [-0.3, -0.25) is 4.79 Å². The van der Waals surface area contributed by atoms with Crippen LogP contribution in [0, 0.1) is 23.7 Å². The standard InChI is InChI=1S/C13H22O4/c1-7(2)8-5-6-9(14)11-10(8)12(15-3)17-13(11)16-4/h7-8,10-13H,5-6H2,1-4H3/t8-,10-,11+,12+,13+/m1/s1.